The van der Waals surface area contributed by atoms with Gasteiger partial charge in [0.2, 0.25) is 0 Å². The predicted octanol–water partition coefficient (Wildman–Crippen LogP) is 15.1. The number of furan rings is 2. The second kappa shape index (κ2) is 11.1. The molecule has 2 heteroatoms. The van der Waals surface area contributed by atoms with E-state index >= 15 is 0 Å². The number of hydrogen-bond donors (Lipinski definition) is 0. The van der Waals surface area contributed by atoms with Crippen LogP contribution in [0.15, 0.2) is 179 Å². The number of rotatable bonds is 3. The van der Waals surface area contributed by atoms with Crippen LogP contribution in [0.2, 0.25) is 0 Å². The highest BCUT2D eigenvalue weighted by molar-refractivity contribution is 6.23. The molecule has 2 heterocycles. The SMILES string of the molecule is CC1(C)c2ccc(-c3c4oc5ccccc5c4cc4c3oc3ccccc34)cc2-c2ccc(-c3c4ccccc4c(-c4ccccc4)c4ccccc34)cc21. The van der Waals surface area contributed by atoms with E-state index in [-0.39, 0.29) is 5.41 Å². The van der Waals surface area contributed by atoms with Gasteiger partial charge in [-0.15, -0.1) is 0 Å². The smallest absolute Gasteiger partial charge is 0.147 e. The molecule has 1 aliphatic carbocycles. The Morgan fingerprint density at radius 1 is 0.327 bits per heavy atom. The van der Waals surface area contributed by atoms with Crippen molar-refractivity contribution in [2.45, 2.75) is 19.3 Å². The minimum absolute atomic E-state index is 0.200. The van der Waals surface area contributed by atoms with Crippen LogP contribution in [0.1, 0.15) is 25.0 Å². The van der Waals surface area contributed by atoms with Crippen LogP contribution in [0.4, 0.5) is 0 Å². The summed E-state index contributed by atoms with van der Waals surface area (Å²) in [6.07, 6.45) is 0. The molecule has 0 fully saturated rings. The molecule has 0 radical (unpaired) electrons. The summed E-state index contributed by atoms with van der Waals surface area (Å²) in [5, 5.41) is 9.51. The quantitative estimate of drug-likeness (QED) is 0.171. The normalized spacial score (nSPS) is 13.4. The maximum atomic E-state index is 6.68. The fraction of sp³-hybridized carbons (Fsp3) is 0.0566. The lowest BCUT2D eigenvalue weighted by Crippen LogP contribution is -2.15. The molecule has 0 saturated heterocycles. The molecule has 55 heavy (non-hydrogen) atoms. The van der Waals surface area contributed by atoms with Crippen molar-refractivity contribution in [3.8, 4) is 44.5 Å². The van der Waals surface area contributed by atoms with Crippen LogP contribution in [0.25, 0.3) is 110 Å². The van der Waals surface area contributed by atoms with E-state index in [1.807, 2.05) is 12.1 Å². The molecular formula is C53H34O2. The van der Waals surface area contributed by atoms with Crippen LogP contribution < -0.4 is 0 Å². The molecule has 1 aliphatic rings. The predicted molar refractivity (Wildman–Crippen MR) is 230 cm³/mol. The summed E-state index contributed by atoms with van der Waals surface area (Å²) in [5.41, 5.74) is 15.6. The molecule has 0 unspecified atom stereocenters. The first kappa shape index (κ1) is 30.6. The van der Waals surface area contributed by atoms with Gasteiger partial charge in [0.1, 0.15) is 22.3 Å². The third kappa shape index (κ3) is 4.20. The first-order valence-electron chi connectivity index (χ1n) is 19.1. The van der Waals surface area contributed by atoms with Gasteiger partial charge < -0.3 is 8.83 Å². The van der Waals surface area contributed by atoms with Gasteiger partial charge in [0.25, 0.3) is 0 Å². The maximum absolute atomic E-state index is 6.68. The summed E-state index contributed by atoms with van der Waals surface area (Å²) in [4.78, 5) is 0. The molecule has 0 saturated carbocycles. The van der Waals surface area contributed by atoms with E-state index in [4.69, 9.17) is 8.83 Å². The Labute approximate surface area is 317 Å². The van der Waals surface area contributed by atoms with Crippen molar-refractivity contribution >= 4 is 65.4 Å². The topological polar surface area (TPSA) is 26.3 Å². The van der Waals surface area contributed by atoms with E-state index < -0.39 is 0 Å². The number of para-hydroxylation sites is 2. The first-order valence-corrected chi connectivity index (χ1v) is 19.1. The third-order valence-corrected chi connectivity index (χ3v) is 12.3. The maximum Gasteiger partial charge on any atom is 0.147 e. The average Bonchev–Trinajstić information content (AvgIpc) is 3.86. The second-order valence-electron chi connectivity index (χ2n) is 15.6. The van der Waals surface area contributed by atoms with E-state index in [1.165, 1.54) is 66.1 Å². The van der Waals surface area contributed by atoms with Crippen molar-refractivity contribution in [3.63, 3.8) is 0 Å². The van der Waals surface area contributed by atoms with Crippen molar-refractivity contribution in [1.29, 1.82) is 0 Å². The zero-order valence-corrected chi connectivity index (χ0v) is 30.5. The van der Waals surface area contributed by atoms with Gasteiger partial charge in [0.05, 0.1) is 5.56 Å². The monoisotopic (exact) mass is 702 g/mol. The van der Waals surface area contributed by atoms with Gasteiger partial charge in [-0.25, -0.2) is 0 Å². The van der Waals surface area contributed by atoms with Crippen molar-refractivity contribution in [3.05, 3.63) is 181 Å². The fourth-order valence-electron chi connectivity index (χ4n) is 9.72. The molecule has 0 atom stereocenters. The lowest BCUT2D eigenvalue weighted by Gasteiger charge is -2.23. The minimum atomic E-state index is -0.200. The Morgan fingerprint density at radius 2 is 0.800 bits per heavy atom. The highest BCUT2D eigenvalue weighted by Crippen LogP contribution is 2.53. The molecule has 0 amide bonds. The first-order chi connectivity index (χ1) is 27.0. The summed E-state index contributed by atoms with van der Waals surface area (Å²) in [6, 6.07) is 61.7. The van der Waals surface area contributed by atoms with Crippen molar-refractivity contribution < 1.29 is 8.83 Å². The van der Waals surface area contributed by atoms with Crippen LogP contribution in [0.3, 0.4) is 0 Å². The molecule has 258 valence electrons. The summed E-state index contributed by atoms with van der Waals surface area (Å²) in [6.45, 7) is 4.74. The number of benzene rings is 9. The van der Waals surface area contributed by atoms with Crippen LogP contribution in [-0.2, 0) is 5.41 Å². The Kier molecular flexibility index (Phi) is 6.15. The summed E-state index contributed by atoms with van der Waals surface area (Å²) in [5.74, 6) is 0. The lowest BCUT2D eigenvalue weighted by molar-refractivity contribution is 0.657. The molecule has 0 aliphatic heterocycles. The number of fused-ring (bicyclic) bond motifs is 11. The van der Waals surface area contributed by atoms with E-state index in [9.17, 15) is 0 Å². The second-order valence-corrected chi connectivity index (χ2v) is 15.6. The fourth-order valence-corrected chi connectivity index (χ4v) is 9.72. The Hall–Kier alpha value is -6.90. The third-order valence-electron chi connectivity index (χ3n) is 12.3. The molecule has 9 aromatic carbocycles. The summed E-state index contributed by atoms with van der Waals surface area (Å²) >= 11 is 0. The molecule has 0 N–H and O–H groups in total. The van der Waals surface area contributed by atoms with Crippen molar-refractivity contribution in [2.75, 3.05) is 0 Å². The van der Waals surface area contributed by atoms with Gasteiger partial charge in [-0.2, -0.15) is 0 Å². The zero-order chi connectivity index (χ0) is 36.4. The van der Waals surface area contributed by atoms with Gasteiger partial charge in [-0.1, -0.05) is 153 Å². The van der Waals surface area contributed by atoms with E-state index in [0.717, 1.165) is 55.0 Å². The summed E-state index contributed by atoms with van der Waals surface area (Å²) < 4.78 is 13.4. The molecule has 11 aromatic rings. The zero-order valence-electron chi connectivity index (χ0n) is 30.5. The average molecular weight is 703 g/mol. The Balaban J connectivity index is 1.09. The van der Waals surface area contributed by atoms with Crippen LogP contribution in [0.5, 0.6) is 0 Å². The molecule has 0 spiro atoms. The number of hydrogen-bond acceptors (Lipinski definition) is 2. The van der Waals surface area contributed by atoms with E-state index in [1.54, 1.807) is 0 Å². The largest absolute Gasteiger partial charge is 0.455 e. The Morgan fingerprint density at radius 3 is 1.38 bits per heavy atom. The highest BCUT2D eigenvalue weighted by Gasteiger charge is 2.36. The van der Waals surface area contributed by atoms with E-state index in [0.29, 0.717) is 0 Å². The van der Waals surface area contributed by atoms with Gasteiger partial charge in [0.15, 0.2) is 0 Å². The molecule has 12 rings (SSSR count). The van der Waals surface area contributed by atoms with Crippen LogP contribution in [-0.4, -0.2) is 0 Å². The van der Waals surface area contributed by atoms with Crippen LogP contribution in [0, 0.1) is 0 Å². The minimum Gasteiger partial charge on any atom is -0.455 e. The highest BCUT2D eigenvalue weighted by atomic mass is 16.3. The van der Waals surface area contributed by atoms with Crippen LogP contribution >= 0.6 is 0 Å². The van der Waals surface area contributed by atoms with Gasteiger partial charge in [-0.3, -0.25) is 0 Å². The molecule has 0 bridgehead atoms. The van der Waals surface area contributed by atoms with E-state index in [2.05, 4.69) is 172 Å². The van der Waals surface area contributed by atoms with Gasteiger partial charge in [-0.05, 0) is 102 Å². The standard InChI is InChI=1S/C53H34O2/c1-53(2)44-27-25-32(50-51-42(35-16-10-12-22-46(35)54-51)30-43-36-17-11-13-23-47(36)55-52(43)50)28-41(44)34-26-24-33(29-45(34)53)49-39-20-8-6-18-37(39)48(31-14-4-3-5-15-31)38-19-7-9-21-40(38)49/h3-30H,1-2H3. The van der Waals surface area contributed by atoms with Gasteiger partial charge in [0, 0.05) is 27.0 Å². The molecule has 2 nitrogen and oxygen atoms in total. The van der Waals surface area contributed by atoms with Crippen molar-refractivity contribution in [2.24, 2.45) is 0 Å². The molecular weight excluding hydrogens is 669 g/mol. The van der Waals surface area contributed by atoms with Gasteiger partial charge >= 0.3 is 0 Å². The summed E-state index contributed by atoms with van der Waals surface area (Å²) in [7, 11) is 0. The Bertz CT molecular complexity index is 3250. The van der Waals surface area contributed by atoms with Crippen molar-refractivity contribution in [1.82, 2.24) is 0 Å². The molecule has 2 aromatic heterocycles. The lowest BCUT2D eigenvalue weighted by atomic mass is 9.80.